The highest BCUT2D eigenvalue weighted by Crippen LogP contribution is 2.35. The van der Waals surface area contributed by atoms with Crippen LogP contribution in [-0.4, -0.2) is 24.5 Å². The molecular weight excluding hydrogens is 230 g/mol. The second kappa shape index (κ2) is 5.00. The highest BCUT2D eigenvalue weighted by Gasteiger charge is 2.20. The predicted molar refractivity (Wildman–Crippen MR) is 67.5 cm³/mol. The topological polar surface area (TPSA) is 50.7 Å². The molecule has 0 unspecified atom stereocenters. The standard InChI is InChI=1S/C14H17NO3/c16-8-10-4-5-12(6-10)15-7-11-2-1-3-13-14(11)18-9-17-13/h1-5,10,12,15-16H,6-9H2/t10-,12+/m0/s1. The Morgan fingerprint density at radius 1 is 1.28 bits per heavy atom. The Morgan fingerprint density at radius 3 is 3.06 bits per heavy atom. The summed E-state index contributed by atoms with van der Waals surface area (Å²) in [6.45, 7) is 1.29. The number of hydrogen-bond donors (Lipinski definition) is 2. The van der Waals surface area contributed by atoms with E-state index < -0.39 is 0 Å². The molecule has 4 heteroatoms. The maximum Gasteiger partial charge on any atom is 0.231 e. The Labute approximate surface area is 106 Å². The van der Waals surface area contributed by atoms with Gasteiger partial charge in [-0.25, -0.2) is 0 Å². The van der Waals surface area contributed by atoms with Crippen LogP contribution in [0.15, 0.2) is 30.4 Å². The van der Waals surface area contributed by atoms with Crippen LogP contribution < -0.4 is 14.8 Å². The quantitative estimate of drug-likeness (QED) is 0.791. The van der Waals surface area contributed by atoms with Crippen LogP contribution in [0.25, 0.3) is 0 Å². The molecule has 2 N–H and O–H groups in total. The molecule has 0 aromatic heterocycles. The van der Waals surface area contributed by atoms with Crippen LogP contribution in [-0.2, 0) is 6.54 Å². The Morgan fingerprint density at radius 2 is 2.22 bits per heavy atom. The van der Waals surface area contributed by atoms with E-state index in [1.165, 1.54) is 0 Å². The van der Waals surface area contributed by atoms with Crippen molar-refractivity contribution in [1.29, 1.82) is 0 Å². The number of benzene rings is 1. The molecule has 1 aliphatic carbocycles. The average Bonchev–Trinajstić information content (AvgIpc) is 3.05. The fourth-order valence-corrected chi connectivity index (χ4v) is 2.43. The average molecular weight is 247 g/mol. The third-order valence-electron chi connectivity index (χ3n) is 3.44. The van der Waals surface area contributed by atoms with Crippen LogP contribution in [0.2, 0.25) is 0 Å². The molecule has 0 bridgehead atoms. The van der Waals surface area contributed by atoms with Gasteiger partial charge in [0.2, 0.25) is 6.79 Å². The van der Waals surface area contributed by atoms with E-state index in [9.17, 15) is 0 Å². The summed E-state index contributed by atoms with van der Waals surface area (Å²) in [5.74, 6) is 1.97. The summed E-state index contributed by atoms with van der Waals surface area (Å²) in [4.78, 5) is 0. The van der Waals surface area contributed by atoms with E-state index in [2.05, 4.69) is 17.5 Å². The van der Waals surface area contributed by atoms with Crippen molar-refractivity contribution in [2.45, 2.75) is 19.0 Å². The number of para-hydroxylation sites is 1. The fraction of sp³-hybridized carbons (Fsp3) is 0.429. The molecule has 0 radical (unpaired) electrons. The fourth-order valence-electron chi connectivity index (χ4n) is 2.43. The molecule has 1 aromatic carbocycles. The lowest BCUT2D eigenvalue weighted by molar-refractivity contribution is 0.173. The largest absolute Gasteiger partial charge is 0.454 e. The minimum atomic E-state index is 0.229. The van der Waals surface area contributed by atoms with E-state index in [4.69, 9.17) is 14.6 Å². The molecule has 0 fully saturated rings. The van der Waals surface area contributed by atoms with Crippen molar-refractivity contribution in [3.63, 3.8) is 0 Å². The maximum atomic E-state index is 9.08. The van der Waals surface area contributed by atoms with Gasteiger partial charge in [-0.05, 0) is 12.5 Å². The van der Waals surface area contributed by atoms with Gasteiger partial charge in [0.05, 0.1) is 0 Å². The van der Waals surface area contributed by atoms with Crippen molar-refractivity contribution in [3.8, 4) is 11.5 Å². The number of rotatable bonds is 4. The van der Waals surface area contributed by atoms with Gasteiger partial charge in [0.1, 0.15) is 0 Å². The summed E-state index contributed by atoms with van der Waals surface area (Å²) in [7, 11) is 0. The third kappa shape index (κ3) is 2.21. The van der Waals surface area contributed by atoms with Gasteiger partial charge in [-0.3, -0.25) is 0 Å². The summed E-state index contributed by atoms with van der Waals surface area (Å²) in [5.41, 5.74) is 1.12. The zero-order valence-electron chi connectivity index (χ0n) is 10.1. The van der Waals surface area contributed by atoms with Gasteiger partial charge in [-0.2, -0.15) is 0 Å². The summed E-state index contributed by atoms with van der Waals surface area (Å²) < 4.78 is 10.8. The first-order valence-corrected chi connectivity index (χ1v) is 6.27. The number of fused-ring (bicyclic) bond motifs is 1. The second-order valence-corrected chi connectivity index (χ2v) is 4.70. The van der Waals surface area contributed by atoms with Crippen molar-refractivity contribution >= 4 is 0 Å². The normalized spacial score (nSPS) is 24.7. The van der Waals surface area contributed by atoms with E-state index in [1.807, 2.05) is 18.2 Å². The molecule has 2 atom stereocenters. The lowest BCUT2D eigenvalue weighted by Crippen LogP contribution is -2.26. The summed E-state index contributed by atoms with van der Waals surface area (Å²) >= 11 is 0. The molecule has 1 heterocycles. The van der Waals surface area contributed by atoms with Crippen molar-refractivity contribution in [2.75, 3.05) is 13.4 Å². The Hall–Kier alpha value is -1.52. The van der Waals surface area contributed by atoms with Crippen molar-refractivity contribution in [1.82, 2.24) is 5.32 Å². The van der Waals surface area contributed by atoms with Crippen molar-refractivity contribution in [3.05, 3.63) is 35.9 Å². The van der Waals surface area contributed by atoms with Gasteiger partial charge in [0, 0.05) is 30.7 Å². The number of nitrogens with one attached hydrogen (secondary N) is 1. The SMILES string of the molecule is OC[C@H]1C=C[C@@H](NCc2cccc3c2OCO3)C1. The van der Waals surface area contributed by atoms with Crippen molar-refractivity contribution < 1.29 is 14.6 Å². The Bertz CT molecular complexity index is 458. The van der Waals surface area contributed by atoms with Crippen LogP contribution in [0, 0.1) is 5.92 Å². The molecule has 2 aliphatic rings. The first-order valence-electron chi connectivity index (χ1n) is 6.27. The molecule has 1 aliphatic heterocycles. The van der Waals surface area contributed by atoms with Gasteiger partial charge in [-0.15, -0.1) is 0 Å². The highest BCUT2D eigenvalue weighted by molar-refractivity contribution is 5.48. The van der Waals surface area contributed by atoms with Crippen LogP contribution in [0.5, 0.6) is 11.5 Å². The molecule has 0 spiro atoms. The third-order valence-corrected chi connectivity index (χ3v) is 3.44. The summed E-state index contributed by atoms with van der Waals surface area (Å²) in [5, 5.41) is 12.5. The minimum Gasteiger partial charge on any atom is -0.454 e. The minimum absolute atomic E-state index is 0.229. The lowest BCUT2D eigenvalue weighted by Gasteiger charge is -2.13. The van der Waals surface area contributed by atoms with E-state index in [0.29, 0.717) is 18.8 Å². The van der Waals surface area contributed by atoms with E-state index in [0.717, 1.165) is 30.0 Å². The molecule has 0 saturated carbocycles. The van der Waals surface area contributed by atoms with Crippen LogP contribution in [0.4, 0.5) is 0 Å². The zero-order chi connectivity index (χ0) is 12.4. The van der Waals surface area contributed by atoms with E-state index in [1.54, 1.807) is 0 Å². The molecule has 1 aromatic rings. The molecule has 0 amide bonds. The Kier molecular flexibility index (Phi) is 3.21. The number of aliphatic hydroxyl groups excluding tert-OH is 1. The number of aliphatic hydroxyl groups is 1. The lowest BCUT2D eigenvalue weighted by atomic mass is 10.1. The first kappa shape index (κ1) is 11.6. The number of hydrogen-bond acceptors (Lipinski definition) is 4. The maximum absolute atomic E-state index is 9.08. The van der Waals surface area contributed by atoms with Crippen LogP contribution >= 0.6 is 0 Å². The predicted octanol–water partition coefficient (Wildman–Crippen LogP) is 1.44. The van der Waals surface area contributed by atoms with Crippen molar-refractivity contribution in [2.24, 2.45) is 5.92 Å². The molecule has 3 rings (SSSR count). The van der Waals surface area contributed by atoms with Gasteiger partial charge in [-0.1, -0.05) is 24.3 Å². The smallest absolute Gasteiger partial charge is 0.231 e. The van der Waals surface area contributed by atoms with Gasteiger partial charge in [0.25, 0.3) is 0 Å². The Balaban J connectivity index is 1.61. The molecule has 18 heavy (non-hydrogen) atoms. The van der Waals surface area contributed by atoms with Gasteiger partial charge >= 0.3 is 0 Å². The van der Waals surface area contributed by atoms with Gasteiger partial charge in [0.15, 0.2) is 11.5 Å². The van der Waals surface area contributed by atoms with E-state index in [-0.39, 0.29) is 6.61 Å². The molecular formula is C14H17NO3. The molecule has 0 saturated heterocycles. The molecule has 96 valence electrons. The van der Waals surface area contributed by atoms with Gasteiger partial charge < -0.3 is 19.9 Å². The first-order chi connectivity index (χ1) is 8.86. The van der Waals surface area contributed by atoms with E-state index >= 15 is 0 Å². The highest BCUT2D eigenvalue weighted by atomic mass is 16.7. The summed E-state index contributed by atoms with van der Waals surface area (Å²) in [6.07, 6.45) is 5.16. The summed E-state index contributed by atoms with van der Waals surface area (Å²) in [6, 6.07) is 6.28. The number of ether oxygens (including phenoxy) is 2. The molecule has 4 nitrogen and oxygen atoms in total. The van der Waals surface area contributed by atoms with Crippen LogP contribution in [0.1, 0.15) is 12.0 Å². The second-order valence-electron chi connectivity index (χ2n) is 4.70. The van der Waals surface area contributed by atoms with Crippen LogP contribution in [0.3, 0.4) is 0 Å². The zero-order valence-corrected chi connectivity index (χ0v) is 10.1. The monoisotopic (exact) mass is 247 g/mol.